The SMILES string of the molecule is COc1ccc(COCc2cccc([N+](=O)[O-])c2N)cc1. The number of rotatable bonds is 6. The number of ether oxygens (including phenoxy) is 2. The van der Waals surface area contributed by atoms with Crippen molar-refractivity contribution in [2.45, 2.75) is 13.2 Å². The Bertz CT molecular complexity index is 626. The number of nitrogens with zero attached hydrogens (tertiary/aromatic N) is 1. The molecule has 2 aromatic rings. The van der Waals surface area contributed by atoms with Crippen molar-refractivity contribution in [2.24, 2.45) is 0 Å². The third-order valence-corrected chi connectivity index (χ3v) is 3.06. The van der Waals surface area contributed by atoms with Gasteiger partial charge < -0.3 is 15.2 Å². The zero-order chi connectivity index (χ0) is 15.2. The molecule has 0 aliphatic heterocycles. The molecule has 0 saturated carbocycles. The molecule has 2 rings (SSSR count). The van der Waals surface area contributed by atoms with E-state index in [1.165, 1.54) is 6.07 Å². The largest absolute Gasteiger partial charge is 0.497 e. The molecular formula is C15H16N2O4. The van der Waals surface area contributed by atoms with E-state index < -0.39 is 4.92 Å². The van der Waals surface area contributed by atoms with Crippen molar-refractivity contribution in [3.63, 3.8) is 0 Å². The Kier molecular flexibility index (Phi) is 4.73. The summed E-state index contributed by atoms with van der Waals surface area (Å²) in [5.74, 6) is 0.779. The number of para-hydroxylation sites is 1. The number of nitrogens with two attached hydrogens (primary N) is 1. The Morgan fingerprint density at radius 2 is 1.86 bits per heavy atom. The van der Waals surface area contributed by atoms with Gasteiger partial charge in [0.25, 0.3) is 5.69 Å². The molecule has 0 aliphatic carbocycles. The van der Waals surface area contributed by atoms with Gasteiger partial charge in [0, 0.05) is 11.6 Å². The molecule has 2 aromatic carbocycles. The van der Waals surface area contributed by atoms with Gasteiger partial charge in [0.15, 0.2) is 0 Å². The minimum Gasteiger partial charge on any atom is -0.497 e. The molecule has 0 atom stereocenters. The predicted octanol–water partition coefficient (Wildman–Crippen LogP) is 2.90. The number of nitro benzene ring substituents is 1. The van der Waals surface area contributed by atoms with E-state index in [4.69, 9.17) is 15.2 Å². The van der Waals surface area contributed by atoms with E-state index in [1.807, 2.05) is 24.3 Å². The molecule has 0 radical (unpaired) electrons. The molecule has 6 heteroatoms. The molecule has 0 aromatic heterocycles. The van der Waals surface area contributed by atoms with Crippen LogP contribution in [0.3, 0.4) is 0 Å². The van der Waals surface area contributed by atoms with Gasteiger partial charge in [-0.3, -0.25) is 10.1 Å². The normalized spacial score (nSPS) is 10.3. The van der Waals surface area contributed by atoms with Crippen LogP contribution in [-0.2, 0) is 18.0 Å². The molecule has 6 nitrogen and oxygen atoms in total. The Balaban J connectivity index is 1.97. The van der Waals surface area contributed by atoms with Crippen molar-refractivity contribution in [1.29, 1.82) is 0 Å². The first-order valence-electron chi connectivity index (χ1n) is 6.34. The maximum Gasteiger partial charge on any atom is 0.292 e. The molecule has 0 saturated heterocycles. The molecule has 21 heavy (non-hydrogen) atoms. The second-order valence-corrected chi connectivity index (χ2v) is 4.45. The van der Waals surface area contributed by atoms with Crippen LogP contribution >= 0.6 is 0 Å². The lowest BCUT2D eigenvalue weighted by molar-refractivity contribution is -0.384. The summed E-state index contributed by atoms with van der Waals surface area (Å²) in [5, 5.41) is 10.8. The summed E-state index contributed by atoms with van der Waals surface area (Å²) >= 11 is 0. The predicted molar refractivity (Wildman–Crippen MR) is 79.0 cm³/mol. The summed E-state index contributed by atoms with van der Waals surface area (Å²) in [7, 11) is 1.61. The van der Waals surface area contributed by atoms with Gasteiger partial charge in [0.1, 0.15) is 11.4 Å². The van der Waals surface area contributed by atoms with Crippen LogP contribution in [0.25, 0.3) is 0 Å². The minimum absolute atomic E-state index is 0.0967. The van der Waals surface area contributed by atoms with E-state index in [0.717, 1.165) is 11.3 Å². The Morgan fingerprint density at radius 1 is 1.14 bits per heavy atom. The number of methoxy groups -OCH3 is 1. The van der Waals surface area contributed by atoms with Crippen LogP contribution in [0.15, 0.2) is 42.5 Å². The maximum absolute atomic E-state index is 10.8. The number of hydrogen-bond acceptors (Lipinski definition) is 5. The van der Waals surface area contributed by atoms with Crippen LogP contribution in [0.4, 0.5) is 11.4 Å². The van der Waals surface area contributed by atoms with Crippen LogP contribution in [0.5, 0.6) is 5.75 Å². The fourth-order valence-electron chi connectivity index (χ4n) is 1.89. The molecule has 2 N–H and O–H groups in total. The van der Waals surface area contributed by atoms with E-state index >= 15 is 0 Å². The van der Waals surface area contributed by atoms with Gasteiger partial charge in [-0.05, 0) is 17.7 Å². The van der Waals surface area contributed by atoms with Crippen molar-refractivity contribution < 1.29 is 14.4 Å². The van der Waals surface area contributed by atoms with Crippen LogP contribution in [-0.4, -0.2) is 12.0 Å². The molecule has 0 amide bonds. The first kappa shape index (κ1) is 14.8. The van der Waals surface area contributed by atoms with E-state index in [2.05, 4.69) is 0 Å². The smallest absolute Gasteiger partial charge is 0.292 e. The molecule has 0 unspecified atom stereocenters. The molecule has 0 fully saturated rings. The zero-order valence-corrected chi connectivity index (χ0v) is 11.6. The van der Waals surface area contributed by atoms with E-state index in [1.54, 1.807) is 19.2 Å². The fourth-order valence-corrected chi connectivity index (χ4v) is 1.89. The third kappa shape index (κ3) is 3.70. The van der Waals surface area contributed by atoms with Crippen molar-refractivity contribution >= 4 is 11.4 Å². The first-order chi connectivity index (χ1) is 10.1. The number of anilines is 1. The summed E-state index contributed by atoms with van der Waals surface area (Å²) in [6.07, 6.45) is 0. The fraction of sp³-hybridized carbons (Fsp3) is 0.200. The number of nitro groups is 1. The summed E-state index contributed by atoms with van der Waals surface area (Å²) < 4.78 is 10.6. The van der Waals surface area contributed by atoms with Crippen LogP contribution < -0.4 is 10.5 Å². The van der Waals surface area contributed by atoms with Crippen LogP contribution in [0.1, 0.15) is 11.1 Å². The summed E-state index contributed by atoms with van der Waals surface area (Å²) in [5.41, 5.74) is 7.41. The number of hydrogen-bond donors (Lipinski definition) is 1. The van der Waals surface area contributed by atoms with Gasteiger partial charge in [0.2, 0.25) is 0 Å². The minimum atomic E-state index is -0.498. The van der Waals surface area contributed by atoms with Gasteiger partial charge in [0.05, 0.1) is 25.2 Å². The lowest BCUT2D eigenvalue weighted by atomic mass is 10.1. The second kappa shape index (κ2) is 6.71. The third-order valence-electron chi connectivity index (χ3n) is 3.06. The van der Waals surface area contributed by atoms with Crippen molar-refractivity contribution in [2.75, 3.05) is 12.8 Å². The van der Waals surface area contributed by atoms with Crippen molar-refractivity contribution in [3.8, 4) is 5.75 Å². The zero-order valence-electron chi connectivity index (χ0n) is 11.6. The van der Waals surface area contributed by atoms with Crippen molar-refractivity contribution in [3.05, 3.63) is 63.7 Å². The lowest BCUT2D eigenvalue weighted by Gasteiger charge is -2.08. The summed E-state index contributed by atoms with van der Waals surface area (Å²) in [4.78, 5) is 10.3. The summed E-state index contributed by atoms with van der Waals surface area (Å²) in [6, 6.07) is 12.2. The van der Waals surface area contributed by atoms with Crippen LogP contribution in [0, 0.1) is 10.1 Å². The molecule has 110 valence electrons. The maximum atomic E-state index is 10.8. The highest BCUT2D eigenvalue weighted by molar-refractivity contribution is 5.62. The molecule has 0 heterocycles. The lowest BCUT2D eigenvalue weighted by Crippen LogP contribution is -2.02. The summed E-state index contributed by atoms with van der Waals surface area (Å²) in [6.45, 7) is 0.617. The van der Waals surface area contributed by atoms with Gasteiger partial charge in [-0.2, -0.15) is 0 Å². The standard InChI is InChI=1S/C15H16N2O4/c1-20-13-7-5-11(6-8-13)9-21-10-12-3-2-4-14(15(12)16)17(18)19/h2-8H,9-10,16H2,1H3. The van der Waals surface area contributed by atoms with E-state index in [9.17, 15) is 10.1 Å². The van der Waals surface area contributed by atoms with Crippen molar-refractivity contribution in [1.82, 2.24) is 0 Å². The monoisotopic (exact) mass is 288 g/mol. The Labute approximate surface area is 122 Å². The number of nitrogen functional groups attached to an aromatic ring is 1. The second-order valence-electron chi connectivity index (χ2n) is 4.45. The first-order valence-corrected chi connectivity index (χ1v) is 6.34. The topological polar surface area (TPSA) is 87.6 Å². The van der Waals surface area contributed by atoms with Gasteiger partial charge in [-0.25, -0.2) is 0 Å². The molecule has 0 bridgehead atoms. The highest BCUT2D eigenvalue weighted by atomic mass is 16.6. The Hall–Kier alpha value is -2.60. The highest BCUT2D eigenvalue weighted by Gasteiger charge is 2.13. The molecular weight excluding hydrogens is 272 g/mol. The van der Waals surface area contributed by atoms with E-state index in [-0.39, 0.29) is 18.0 Å². The van der Waals surface area contributed by atoms with Gasteiger partial charge in [-0.1, -0.05) is 24.3 Å². The molecule has 0 spiro atoms. The highest BCUT2D eigenvalue weighted by Crippen LogP contribution is 2.25. The Morgan fingerprint density at radius 3 is 2.48 bits per heavy atom. The van der Waals surface area contributed by atoms with E-state index in [0.29, 0.717) is 12.2 Å². The average molecular weight is 288 g/mol. The van der Waals surface area contributed by atoms with Gasteiger partial charge >= 0.3 is 0 Å². The van der Waals surface area contributed by atoms with Crippen LogP contribution in [0.2, 0.25) is 0 Å². The molecule has 0 aliphatic rings. The van der Waals surface area contributed by atoms with Gasteiger partial charge in [-0.15, -0.1) is 0 Å². The average Bonchev–Trinajstić information content (AvgIpc) is 2.49. The quantitative estimate of drug-likeness (QED) is 0.501. The number of benzene rings is 2.